The molecule has 102 valence electrons. The Morgan fingerprint density at radius 3 is 2.70 bits per heavy atom. The molecule has 2 rings (SSSR count). The van der Waals surface area contributed by atoms with Gasteiger partial charge >= 0.3 is 0 Å². The second-order valence-corrected chi connectivity index (χ2v) is 4.22. The fourth-order valence-electron chi connectivity index (χ4n) is 1.44. The SMILES string of the molecule is COc1ccc(NC(=S)N/N=C\c2ccccn2)cc1. The van der Waals surface area contributed by atoms with Crippen molar-refractivity contribution in [2.75, 3.05) is 12.4 Å². The first kappa shape index (κ1) is 14.0. The number of anilines is 1. The molecule has 1 aromatic carbocycles. The van der Waals surface area contributed by atoms with Crippen molar-refractivity contribution >= 4 is 29.2 Å². The quantitative estimate of drug-likeness (QED) is 0.513. The molecule has 0 atom stereocenters. The van der Waals surface area contributed by atoms with Gasteiger partial charge in [-0.05, 0) is 48.6 Å². The summed E-state index contributed by atoms with van der Waals surface area (Å²) in [6.45, 7) is 0. The van der Waals surface area contributed by atoms with Gasteiger partial charge in [0.05, 0.1) is 19.0 Å². The number of thiocarbonyl (C=S) groups is 1. The molecule has 0 aliphatic heterocycles. The summed E-state index contributed by atoms with van der Waals surface area (Å²) in [6, 6.07) is 13.0. The summed E-state index contributed by atoms with van der Waals surface area (Å²) in [5.41, 5.74) is 4.34. The molecule has 0 amide bonds. The van der Waals surface area contributed by atoms with Crippen LogP contribution >= 0.6 is 12.2 Å². The Bertz CT molecular complexity index is 584. The van der Waals surface area contributed by atoms with Crippen molar-refractivity contribution in [1.29, 1.82) is 0 Å². The molecule has 1 aromatic heterocycles. The number of rotatable bonds is 4. The Morgan fingerprint density at radius 1 is 1.25 bits per heavy atom. The largest absolute Gasteiger partial charge is 0.497 e. The fraction of sp³-hybridized carbons (Fsp3) is 0.0714. The van der Waals surface area contributed by atoms with Crippen molar-refractivity contribution in [2.24, 2.45) is 5.10 Å². The molecular formula is C14H14N4OS. The molecule has 0 bridgehead atoms. The molecule has 1 heterocycles. The second kappa shape index (κ2) is 7.20. The normalized spacial score (nSPS) is 10.2. The molecule has 0 spiro atoms. The van der Waals surface area contributed by atoms with Gasteiger partial charge in [-0.25, -0.2) is 0 Å². The maximum absolute atomic E-state index is 5.13. The maximum Gasteiger partial charge on any atom is 0.191 e. The number of hydrogen-bond donors (Lipinski definition) is 2. The number of nitrogens with one attached hydrogen (secondary N) is 2. The third-order valence-electron chi connectivity index (χ3n) is 2.40. The summed E-state index contributed by atoms with van der Waals surface area (Å²) >= 11 is 5.13. The summed E-state index contributed by atoms with van der Waals surface area (Å²) in [6.07, 6.45) is 3.30. The summed E-state index contributed by atoms with van der Waals surface area (Å²) in [4.78, 5) is 4.11. The lowest BCUT2D eigenvalue weighted by atomic mass is 10.3. The van der Waals surface area contributed by atoms with E-state index in [9.17, 15) is 0 Å². The van der Waals surface area contributed by atoms with Crippen LogP contribution in [0, 0.1) is 0 Å². The number of hydrazone groups is 1. The number of benzene rings is 1. The fourth-order valence-corrected chi connectivity index (χ4v) is 1.61. The van der Waals surface area contributed by atoms with E-state index in [1.807, 2.05) is 42.5 Å². The van der Waals surface area contributed by atoms with Crippen LogP contribution in [0.25, 0.3) is 0 Å². The van der Waals surface area contributed by atoms with Crippen molar-refractivity contribution < 1.29 is 4.74 Å². The van der Waals surface area contributed by atoms with Crippen LogP contribution in [0.15, 0.2) is 53.8 Å². The van der Waals surface area contributed by atoms with Crippen LogP contribution in [0.2, 0.25) is 0 Å². The Hall–Kier alpha value is -2.47. The summed E-state index contributed by atoms with van der Waals surface area (Å²) < 4.78 is 5.08. The molecule has 0 aliphatic carbocycles. The van der Waals surface area contributed by atoms with Gasteiger partial charge in [-0.1, -0.05) is 6.07 Å². The average molecular weight is 286 g/mol. The first-order valence-electron chi connectivity index (χ1n) is 5.93. The van der Waals surface area contributed by atoms with Crippen molar-refractivity contribution in [3.05, 3.63) is 54.4 Å². The average Bonchev–Trinajstić information content (AvgIpc) is 2.49. The third-order valence-corrected chi connectivity index (χ3v) is 2.59. The summed E-state index contributed by atoms with van der Waals surface area (Å²) in [5.74, 6) is 0.794. The van der Waals surface area contributed by atoms with Gasteiger partial charge < -0.3 is 10.1 Å². The zero-order chi connectivity index (χ0) is 14.2. The van der Waals surface area contributed by atoms with Gasteiger partial charge in [-0.3, -0.25) is 10.4 Å². The van der Waals surface area contributed by atoms with E-state index in [1.54, 1.807) is 19.5 Å². The second-order valence-electron chi connectivity index (χ2n) is 3.81. The van der Waals surface area contributed by atoms with E-state index >= 15 is 0 Å². The smallest absolute Gasteiger partial charge is 0.191 e. The van der Waals surface area contributed by atoms with Gasteiger partial charge in [0, 0.05) is 11.9 Å². The van der Waals surface area contributed by atoms with E-state index < -0.39 is 0 Å². The molecule has 0 saturated heterocycles. The Kier molecular flexibility index (Phi) is 5.02. The van der Waals surface area contributed by atoms with E-state index in [0.717, 1.165) is 17.1 Å². The first-order valence-corrected chi connectivity index (χ1v) is 6.34. The Morgan fingerprint density at radius 2 is 2.05 bits per heavy atom. The Balaban J connectivity index is 1.84. The summed E-state index contributed by atoms with van der Waals surface area (Å²) in [5, 5.41) is 7.42. The minimum Gasteiger partial charge on any atom is -0.497 e. The molecule has 0 fully saturated rings. The molecule has 2 aromatic rings. The number of ether oxygens (including phenoxy) is 1. The molecule has 6 heteroatoms. The van der Waals surface area contributed by atoms with Crippen LogP contribution in [0.4, 0.5) is 5.69 Å². The predicted octanol–water partition coefficient (Wildman–Crippen LogP) is 2.41. The van der Waals surface area contributed by atoms with Crippen molar-refractivity contribution in [3.8, 4) is 5.75 Å². The monoisotopic (exact) mass is 286 g/mol. The first-order chi connectivity index (χ1) is 9.78. The van der Waals surface area contributed by atoms with Gasteiger partial charge in [0.15, 0.2) is 5.11 Å². The lowest BCUT2D eigenvalue weighted by Gasteiger charge is -2.07. The third kappa shape index (κ3) is 4.33. The highest BCUT2D eigenvalue weighted by molar-refractivity contribution is 7.80. The van der Waals surface area contributed by atoms with E-state index in [4.69, 9.17) is 17.0 Å². The predicted molar refractivity (Wildman–Crippen MR) is 84.2 cm³/mol. The van der Waals surface area contributed by atoms with Crippen LogP contribution in [-0.2, 0) is 0 Å². The minimum atomic E-state index is 0.405. The molecule has 0 saturated carbocycles. The van der Waals surface area contributed by atoms with Crippen molar-refractivity contribution in [1.82, 2.24) is 10.4 Å². The van der Waals surface area contributed by atoms with Gasteiger partial charge in [-0.2, -0.15) is 5.10 Å². The van der Waals surface area contributed by atoms with Gasteiger partial charge in [0.25, 0.3) is 0 Å². The molecule has 0 aliphatic rings. The number of pyridine rings is 1. The van der Waals surface area contributed by atoms with Crippen LogP contribution in [0.1, 0.15) is 5.69 Å². The van der Waals surface area contributed by atoms with Crippen LogP contribution in [0.5, 0.6) is 5.75 Å². The van der Waals surface area contributed by atoms with E-state index in [0.29, 0.717) is 5.11 Å². The van der Waals surface area contributed by atoms with Crippen LogP contribution in [-0.4, -0.2) is 23.4 Å². The number of hydrogen-bond acceptors (Lipinski definition) is 4. The number of aromatic nitrogens is 1. The molecular weight excluding hydrogens is 272 g/mol. The van der Waals surface area contributed by atoms with Gasteiger partial charge in [0.1, 0.15) is 5.75 Å². The summed E-state index contributed by atoms with van der Waals surface area (Å²) in [7, 11) is 1.63. The van der Waals surface area contributed by atoms with Crippen molar-refractivity contribution in [3.63, 3.8) is 0 Å². The number of methoxy groups -OCH3 is 1. The van der Waals surface area contributed by atoms with Crippen molar-refractivity contribution in [2.45, 2.75) is 0 Å². The highest BCUT2D eigenvalue weighted by Gasteiger charge is 1.96. The molecule has 0 radical (unpaired) electrons. The number of nitrogens with zero attached hydrogens (tertiary/aromatic N) is 2. The standard InChI is InChI=1S/C14H14N4OS/c1-19-13-7-5-11(6-8-13)17-14(20)18-16-10-12-4-2-3-9-15-12/h2-10H,1H3,(H2,17,18,20)/b16-10-. The maximum atomic E-state index is 5.13. The van der Waals surface area contributed by atoms with E-state index in [2.05, 4.69) is 20.8 Å². The van der Waals surface area contributed by atoms with Crippen LogP contribution in [0.3, 0.4) is 0 Å². The minimum absolute atomic E-state index is 0.405. The van der Waals surface area contributed by atoms with E-state index in [-0.39, 0.29) is 0 Å². The zero-order valence-electron chi connectivity index (χ0n) is 10.9. The Labute approximate surface area is 122 Å². The molecule has 2 N–H and O–H groups in total. The zero-order valence-corrected chi connectivity index (χ0v) is 11.7. The highest BCUT2D eigenvalue weighted by atomic mass is 32.1. The lowest BCUT2D eigenvalue weighted by molar-refractivity contribution is 0.415. The topological polar surface area (TPSA) is 58.5 Å². The lowest BCUT2D eigenvalue weighted by Crippen LogP contribution is -2.23. The van der Waals surface area contributed by atoms with Crippen LogP contribution < -0.4 is 15.5 Å². The van der Waals surface area contributed by atoms with E-state index in [1.165, 1.54) is 0 Å². The van der Waals surface area contributed by atoms with Gasteiger partial charge in [0.2, 0.25) is 0 Å². The highest BCUT2D eigenvalue weighted by Crippen LogP contribution is 2.14. The molecule has 0 unspecified atom stereocenters. The van der Waals surface area contributed by atoms with Gasteiger partial charge in [-0.15, -0.1) is 0 Å². The molecule has 20 heavy (non-hydrogen) atoms. The molecule has 5 nitrogen and oxygen atoms in total.